The van der Waals surface area contributed by atoms with Crippen molar-refractivity contribution in [1.82, 2.24) is 0 Å². The molecule has 0 atom stereocenters. The fourth-order valence-electron chi connectivity index (χ4n) is 2.24. The van der Waals surface area contributed by atoms with Crippen LogP contribution in [0.15, 0.2) is 84.0 Å². The molecular formula is C21H16N2O2. The van der Waals surface area contributed by atoms with Crippen LogP contribution in [-0.4, -0.2) is 6.21 Å². The van der Waals surface area contributed by atoms with E-state index in [1.54, 1.807) is 12.3 Å². The molecule has 4 heteroatoms. The molecule has 0 saturated carbocycles. The summed E-state index contributed by atoms with van der Waals surface area (Å²) < 4.78 is 5.79. The van der Waals surface area contributed by atoms with Crippen molar-refractivity contribution in [2.75, 3.05) is 0 Å². The second-order valence-corrected chi connectivity index (χ2v) is 5.26. The molecule has 3 rings (SSSR count). The van der Waals surface area contributed by atoms with Crippen LogP contribution in [0.1, 0.15) is 16.7 Å². The molecule has 0 aliphatic heterocycles. The van der Waals surface area contributed by atoms with Crippen LogP contribution in [0.5, 0.6) is 11.5 Å². The lowest BCUT2D eigenvalue weighted by atomic mass is 10.1. The molecule has 0 N–H and O–H groups in total. The summed E-state index contributed by atoms with van der Waals surface area (Å²) in [4.78, 5) is 5.30. The average molecular weight is 328 g/mol. The fraction of sp³-hybridized carbons (Fsp3) is 0.0476. The third-order valence-electron chi connectivity index (χ3n) is 3.47. The number of oxime groups is 1. The Kier molecular flexibility index (Phi) is 5.42. The van der Waals surface area contributed by atoms with E-state index in [0.717, 1.165) is 22.6 Å². The fourth-order valence-corrected chi connectivity index (χ4v) is 2.24. The van der Waals surface area contributed by atoms with Crippen molar-refractivity contribution in [3.05, 3.63) is 95.6 Å². The summed E-state index contributed by atoms with van der Waals surface area (Å²) in [5, 5.41) is 13.0. The summed E-state index contributed by atoms with van der Waals surface area (Å²) in [6.45, 7) is 0.250. The van der Waals surface area contributed by atoms with Gasteiger partial charge in [0.25, 0.3) is 0 Å². The first-order valence-electron chi connectivity index (χ1n) is 7.81. The summed E-state index contributed by atoms with van der Waals surface area (Å²) in [5.74, 6) is 1.51. The van der Waals surface area contributed by atoms with Gasteiger partial charge < -0.3 is 9.57 Å². The molecular weight excluding hydrogens is 312 g/mol. The maximum absolute atomic E-state index is 9.05. The first-order chi connectivity index (χ1) is 12.3. The van der Waals surface area contributed by atoms with E-state index in [2.05, 4.69) is 11.2 Å². The van der Waals surface area contributed by atoms with Gasteiger partial charge in [-0.1, -0.05) is 53.7 Å². The average Bonchev–Trinajstić information content (AvgIpc) is 2.67. The van der Waals surface area contributed by atoms with Crippen molar-refractivity contribution in [1.29, 1.82) is 5.26 Å². The quantitative estimate of drug-likeness (QED) is 0.477. The van der Waals surface area contributed by atoms with Gasteiger partial charge in [-0.3, -0.25) is 0 Å². The van der Waals surface area contributed by atoms with E-state index < -0.39 is 0 Å². The molecule has 0 aliphatic carbocycles. The topological polar surface area (TPSA) is 54.6 Å². The van der Waals surface area contributed by atoms with Gasteiger partial charge in [0.05, 0.1) is 17.8 Å². The number of ether oxygens (including phenoxy) is 1. The first-order valence-corrected chi connectivity index (χ1v) is 7.81. The minimum absolute atomic E-state index is 0.250. The Morgan fingerprint density at radius 3 is 2.48 bits per heavy atom. The van der Waals surface area contributed by atoms with Crippen molar-refractivity contribution in [2.45, 2.75) is 6.61 Å². The molecule has 0 aliphatic rings. The largest absolute Gasteiger partial charge is 0.457 e. The molecule has 3 aromatic rings. The van der Waals surface area contributed by atoms with Crippen molar-refractivity contribution in [2.24, 2.45) is 5.16 Å². The highest BCUT2D eigenvalue weighted by Crippen LogP contribution is 2.21. The second-order valence-electron chi connectivity index (χ2n) is 5.26. The van der Waals surface area contributed by atoms with Gasteiger partial charge in [-0.05, 0) is 35.9 Å². The predicted octanol–water partition coefficient (Wildman–Crippen LogP) is 4.90. The number of nitriles is 1. The number of benzene rings is 3. The van der Waals surface area contributed by atoms with E-state index in [1.807, 2.05) is 72.8 Å². The number of rotatable bonds is 6. The van der Waals surface area contributed by atoms with Crippen LogP contribution in [0, 0.1) is 11.3 Å². The van der Waals surface area contributed by atoms with Crippen molar-refractivity contribution in [3.63, 3.8) is 0 Å². The van der Waals surface area contributed by atoms with Crippen molar-refractivity contribution < 1.29 is 9.57 Å². The smallest absolute Gasteiger partial charge is 0.143 e. The highest BCUT2D eigenvalue weighted by Gasteiger charge is 2.00. The highest BCUT2D eigenvalue weighted by atomic mass is 16.6. The molecule has 0 saturated heterocycles. The van der Waals surface area contributed by atoms with Gasteiger partial charge in [0.15, 0.2) is 0 Å². The standard InChI is InChI=1S/C21H16N2O2/c22-14-18-8-4-5-9-19(18)16-24-23-15-17-7-6-12-21(13-17)25-20-10-2-1-3-11-20/h1-13,15H,16H2/b23-15-. The zero-order chi connectivity index (χ0) is 17.3. The number of nitrogens with zero attached hydrogens (tertiary/aromatic N) is 2. The Hall–Kier alpha value is -3.58. The van der Waals surface area contributed by atoms with Crippen molar-refractivity contribution in [3.8, 4) is 17.6 Å². The van der Waals surface area contributed by atoms with Crippen molar-refractivity contribution >= 4 is 6.21 Å². The summed E-state index contributed by atoms with van der Waals surface area (Å²) in [6.07, 6.45) is 1.62. The molecule has 0 amide bonds. The van der Waals surface area contributed by atoms with Crippen LogP contribution >= 0.6 is 0 Å². The number of hydrogen-bond donors (Lipinski definition) is 0. The summed E-state index contributed by atoms with van der Waals surface area (Å²) in [6, 6.07) is 26.6. The molecule has 0 radical (unpaired) electrons. The molecule has 0 aromatic heterocycles. The van der Waals surface area contributed by atoms with E-state index in [-0.39, 0.29) is 6.61 Å². The van der Waals surface area contributed by atoms with Crippen LogP contribution in [-0.2, 0) is 11.4 Å². The molecule has 122 valence electrons. The normalized spacial score (nSPS) is 10.4. The summed E-state index contributed by atoms with van der Waals surface area (Å²) in [5.41, 5.74) is 2.27. The minimum atomic E-state index is 0.250. The van der Waals surface area contributed by atoms with Crippen LogP contribution in [0.3, 0.4) is 0 Å². The summed E-state index contributed by atoms with van der Waals surface area (Å²) in [7, 11) is 0. The van der Waals surface area contributed by atoms with E-state index >= 15 is 0 Å². The molecule has 0 bridgehead atoms. The first kappa shape index (κ1) is 16.3. The molecule has 0 fully saturated rings. The lowest BCUT2D eigenvalue weighted by Crippen LogP contribution is -1.92. The number of hydrogen-bond acceptors (Lipinski definition) is 4. The van der Waals surface area contributed by atoms with Gasteiger partial charge in [0, 0.05) is 5.56 Å². The van der Waals surface area contributed by atoms with E-state index in [1.165, 1.54) is 0 Å². The van der Waals surface area contributed by atoms with Gasteiger partial charge >= 0.3 is 0 Å². The Morgan fingerprint density at radius 2 is 1.64 bits per heavy atom. The minimum Gasteiger partial charge on any atom is -0.457 e. The van der Waals surface area contributed by atoms with Gasteiger partial charge in [-0.2, -0.15) is 5.26 Å². The van der Waals surface area contributed by atoms with Gasteiger partial charge in [-0.25, -0.2) is 0 Å². The molecule has 0 unspecified atom stereocenters. The lowest BCUT2D eigenvalue weighted by molar-refractivity contribution is 0.132. The van der Waals surface area contributed by atoms with Crippen LogP contribution in [0.2, 0.25) is 0 Å². The van der Waals surface area contributed by atoms with Gasteiger partial charge in [0.1, 0.15) is 18.1 Å². The van der Waals surface area contributed by atoms with E-state index in [4.69, 9.17) is 14.8 Å². The molecule has 0 heterocycles. The zero-order valence-corrected chi connectivity index (χ0v) is 13.5. The lowest BCUT2D eigenvalue weighted by Gasteiger charge is -2.05. The van der Waals surface area contributed by atoms with E-state index in [0.29, 0.717) is 5.56 Å². The maximum atomic E-state index is 9.05. The molecule has 3 aromatic carbocycles. The molecule has 4 nitrogen and oxygen atoms in total. The predicted molar refractivity (Wildman–Crippen MR) is 96.5 cm³/mol. The maximum Gasteiger partial charge on any atom is 0.143 e. The monoisotopic (exact) mass is 328 g/mol. The van der Waals surface area contributed by atoms with Gasteiger partial charge in [-0.15, -0.1) is 0 Å². The SMILES string of the molecule is N#Cc1ccccc1CO/N=C\c1cccc(Oc2ccccc2)c1. The number of para-hydroxylation sites is 1. The molecule has 25 heavy (non-hydrogen) atoms. The highest BCUT2D eigenvalue weighted by molar-refractivity contribution is 5.79. The Morgan fingerprint density at radius 1 is 0.880 bits per heavy atom. The Bertz CT molecular complexity index is 899. The van der Waals surface area contributed by atoms with Crippen LogP contribution in [0.25, 0.3) is 0 Å². The third-order valence-corrected chi connectivity index (χ3v) is 3.47. The zero-order valence-electron chi connectivity index (χ0n) is 13.5. The second kappa shape index (κ2) is 8.32. The Balaban J connectivity index is 1.60. The van der Waals surface area contributed by atoms with Crippen LogP contribution < -0.4 is 4.74 Å². The summed E-state index contributed by atoms with van der Waals surface area (Å²) >= 11 is 0. The van der Waals surface area contributed by atoms with Gasteiger partial charge in [0.2, 0.25) is 0 Å². The van der Waals surface area contributed by atoms with Crippen LogP contribution in [0.4, 0.5) is 0 Å². The van der Waals surface area contributed by atoms with E-state index in [9.17, 15) is 0 Å². The Labute approximate surface area is 146 Å². The molecule has 0 spiro atoms. The third kappa shape index (κ3) is 4.69.